The number of halogens is 5. The molecular formula is C7H3Cl2F3S. The Bertz CT molecular complexity index is 312. The molecule has 0 aliphatic heterocycles. The number of hydrogen-bond donors (Lipinski definition) is 1. The van der Waals surface area contributed by atoms with E-state index in [1.54, 1.807) is 0 Å². The number of alkyl halides is 3. The van der Waals surface area contributed by atoms with Gasteiger partial charge in [0.25, 0.3) is 0 Å². The van der Waals surface area contributed by atoms with Crippen LogP contribution in [0.1, 0.15) is 5.56 Å². The van der Waals surface area contributed by atoms with Crippen LogP contribution in [0.25, 0.3) is 0 Å². The smallest absolute Gasteiger partial charge is 0.166 e. The number of benzene rings is 1. The van der Waals surface area contributed by atoms with Gasteiger partial charge in [-0.3, -0.25) is 0 Å². The Morgan fingerprint density at radius 1 is 1.15 bits per heavy atom. The Hall–Kier alpha value is -0.0600. The first-order valence-corrected chi connectivity index (χ1v) is 4.28. The molecule has 0 heterocycles. The highest BCUT2D eigenvalue weighted by atomic mass is 35.5. The van der Waals surface area contributed by atoms with E-state index in [1.807, 2.05) is 0 Å². The third kappa shape index (κ3) is 2.45. The molecule has 0 saturated carbocycles. The van der Waals surface area contributed by atoms with Gasteiger partial charge < -0.3 is 0 Å². The molecule has 6 heteroatoms. The summed E-state index contributed by atoms with van der Waals surface area (Å²) in [7, 11) is 0. The van der Waals surface area contributed by atoms with Gasteiger partial charge in [-0.15, -0.1) is 12.6 Å². The summed E-state index contributed by atoms with van der Waals surface area (Å²) in [5, 5.41) is -0.125. The standard InChI is InChI=1S/C7H3Cl2F3S/c8-4-1-3(7(10,11)12)2-5(13)6(4)9/h1-2,13H. The van der Waals surface area contributed by atoms with Crippen LogP contribution < -0.4 is 0 Å². The van der Waals surface area contributed by atoms with Gasteiger partial charge in [-0.05, 0) is 12.1 Å². The minimum atomic E-state index is -4.42. The third-order valence-corrected chi connectivity index (χ3v) is 2.62. The summed E-state index contributed by atoms with van der Waals surface area (Å²) >= 11 is 14.7. The maximum absolute atomic E-state index is 12.1. The maximum atomic E-state index is 12.1. The van der Waals surface area contributed by atoms with Crippen LogP contribution >= 0.6 is 35.8 Å². The minimum Gasteiger partial charge on any atom is -0.166 e. The van der Waals surface area contributed by atoms with Crippen molar-refractivity contribution in [2.45, 2.75) is 11.1 Å². The minimum absolute atomic E-state index is 0.0153. The van der Waals surface area contributed by atoms with E-state index >= 15 is 0 Å². The zero-order valence-corrected chi connectivity index (χ0v) is 8.40. The predicted octanol–water partition coefficient (Wildman–Crippen LogP) is 4.30. The van der Waals surface area contributed by atoms with E-state index in [4.69, 9.17) is 23.2 Å². The van der Waals surface area contributed by atoms with Gasteiger partial charge in [-0.1, -0.05) is 23.2 Å². The van der Waals surface area contributed by atoms with Gasteiger partial charge in [0.15, 0.2) is 0 Å². The molecule has 0 fully saturated rings. The molecule has 13 heavy (non-hydrogen) atoms. The fraction of sp³-hybridized carbons (Fsp3) is 0.143. The topological polar surface area (TPSA) is 0 Å². The first kappa shape index (κ1) is 11.0. The van der Waals surface area contributed by atoms with E-state index in [1.165, 1.54) is 0 Å². The molecule has 0 N–H and O–H groups in total. The summed E-state index contributed by atoms with van der Waals surface area (Å²) in [4.78, 5) is 0.0153. The summed E-state index contributed by atoms with van der Waals surface area (Å²) in [6, 6.07) is 1.60. The lowest BCUT2D eigenvalue weighted by Crippen LogP contribution is -2.04. The van der Waals surface area contributed by atoms with Crippen LogP contribution in [0.3, 0.4) is 0 Å². The summed E-state index contributed by atoms with van der Waals surface area (Å²) in [5.74, 6) is 0. The molecule has 0 aliphatic rings. The molecule has 0 saturated heterocycles. The quantitative estimate of drug-likeness (QED) is 0.649. The molecule has 0 unspecified atom stereocenters. The molecule has 1 rings (SSSR count). The predicted molar refractivity (Wildman–Crippen MR) is 48.7 cm³/mol. The lowest BCUT2D eigenvalue weighted by molar-refractivity contribution is -0.137. The van der Waals surface area contributed by atoms with E-state index in [2.05, 4.69) is 12.6 Å². The Morgan fingerprint density at radius 2 is 1.69 bits per heavy atom. The molecule has 1 aromatic rings. The molecule has 0 radical (unpaired) electrons. The van der Waals surface area contributed by atoms with Crippen molar-refractivity contribution in [2.75, 3.05) is 0 Å². The van der Waals surface area contributed by atoms with Crippen LogP contribution in [0.2, 0.25) is 10.0 Å². The van der Waals surface area contributed by atoms with Gasteiger partial charge in [0, 0.05) is 4.90 Å². The second-order valence-corrected chi connectivity index (χ2v) is 3.56. The van der Waals surface area contributed by atoms with Crippen molar-refractivity contribution in [3.05, 3.63) is 27.7 Å². The molecule has 0 aromatic heterocycles. The molecule has 72 valence electrons. The van der Waals surface area contributed by atoms with Crippen molar-refractivity contribution in [3.8, 4) is 0 Å². The molecule has 0 spiro atoms. The van der Waals surface area contributed by atoms with Crippen molar-refractivity contribution in [1.82, 2.24) is 0 Å². The van der Waals surface area contributed by atoms with E-state index in [0.29, 0.717) is 0 Å². The van der Waals surface area contributed by atoms with Gasteiger partial charge in [-0.2, -0.15) is 13.2 Å². The first-order chi connectivity index (χ1) is 5.82. The number of thiol groups is 1. The fourth-order valence-electron chi connectivity index (χ4n) is 0.738. The Morgan fingerprint density at radius 3 is 2.08 bits per heavy atom. The Kier molecular flexibility index (Phi) is 3.05. The molecule has 0 aliphatic carbocycles. The summed E-state index contributed by atoms with van der Waals surface area (Å²) < 4.78 is 36.4. The van der Waals surface area contributed by atoms with E-state index in [9.17, 15) is 13.2 Å². The SMILES string of the molecule is FC(F)(F)c1cc(S)c(Cl)c(Cl)c1. The van der Waals surface area contributed by atoms with Gasteiger partial charge in [0.05, 0.1) is 15.6 Å². The summed E-state index contributed by atoms with van der Waals surface area (Å²) in [5.41, 5.74) is -0.855. The maximum Gasteiger partial charge on any atom is 0.416 e. The van der Waals surface area contributed by atoms with Gasteiger partial charge >= 0.3 is 6.18 Å². The van der Waals surface area contributed by atoms with Crippen LogP contribution in [0, 0.1) is 0 Å². The van der Waals surface area contributed by atoms with Crippen LogP contribution in [0.4, 0.5) is 13.2 Å². The van der Waals surface area contributed by atoms with Crippen LogP contribution in [-0.2, 0) is 6.18 Å². The van der Waals surface area contributed by atoms with Crippen molar-refractivity contribution in [3.63, 3.8) is 0 Å². The largest absolute Gasteiger partial charge is 0.416 e. The van der Waals surface area contributed by atoms with Crippen LogP contribution in [-0.4, -0.2) is 0 Å². The zero-order chi connectivity index (χ0) is 10.2. The summed E-state index contributed by atoms with van der Waals surface area (Å²) in [6.07, 6.45) is -4.42. The van der Waals surface area contributed by atoms with Crippen molar-refractivity contribution < 1.29 is 13.2 Å². The third-order valence-electron chi connectivity index (χ3n) is 1.34. The molecular weight excluding hydrogens is 244 g/mol. The zero-order valence-electron chi connectivity index (χ0n) is 5.99. The molecule has 0 bridgehead atoms. The second-order valence-electron chi connectivity index (χ2n) is 2.29. The van der Waals surface area contributed by atoms with E-state index < -0.39 is 11.7 Å². The Balaban J connectivity index is 3.29. The van der Waals surface area contributed by atoms with Gasteiger partial charge in [0.1, 0.15) is 0 Å². The van der Waals surface area contributed by atoms with Crippen molar-refractivity contribution >= 4 is 35.8 Å². The lowest BCUT2D eigenvalue weighted by Gasteiger charge is -2.08. The summed E-state index contributed by atoms with van der Waals surface area (Å²) in [6.45, 7) is 0. The fourth-order valence-corrected chi connectivity index (χ4v) is 1.39. The van der Waals surface area contributed by atoms with Gasteiger partial charge in [0.2, 0.25) is 0 Å². The van der Waals surface area contributed by atoms with Gasteiger partial charge in [-0.25, -0.2) is 0 Å². The monoisotopic (exact) mass is 246 g/mol. The van der Waals surface area contributed by atoms with Crippen LogP contribution in [0.5, 0.6) is 0 Å². The number of rotatable bonds is 0. The second kappa shape index (κ2) is 3.59. The Labute approximate surface area is 88.1 Å². The number of hydrogen-bond acceptors (Lipinski definition) is 1. The highest BCUT2D eigenvalue weighted by Crippen LogP contribution is 2.37. The average molecular weight is 247 g/mol. The highest BCUT2D eigenvalue weighted by Gasteiger charge is 2.31. The molecule has 0 amide bonds. The van der Waals surface area contributed by atoms with Crippen LogP contribution in [0.15, 0.2) is 17.0 Å². The molecule has 0 nitrogen and oxygen atoms in total. The first-order valence-electron chi connectivity index (χ1n) is 3.07. The normalized spacial score (nSPS) is 11.8. The average Bonchev–Trinajstić information content (AvgIpc) is 1.97. The molecule has 1 aromatic carbocycles. The molecule has 0 atom stereocenters. The highest BCUT2D eigenvalue weighted by molar-refractivity contribution is 7.80. The lowest BCUT2D eigenvalue weighted by atomic mass is 10.2. The van der Waals surface area contributed by atoms with E-state index in [-0.39, 0.29) is 14.9 Å². The van der Waals surface area contributed by atoms with E-state index in [0.717, 1.165) is 12.1 Å². The van der Waals surface area contributed by atoms with Crippen molar-refractivity contribution in [1.29, 1.82) is 0 Å². The van der Waals surface area contributed by atoms with Crippen molar-refractivity contribution in [2.24, 2.45) is 0 Å².